The van der Waals surface area contributed by atoms with Crippen LogP contribution in [-0.4, -0.2) is 49.8 Å². The Bertz CT molecular complexity index is 1100. The lowest BCUT2D eigenvalue weighted by molar-refractivity contribution is -0.135. The molecule has 0 unspecified atom stereocenters. The van der Waals surface area contributed by atoms with Crippen LogP contribution in [0.5, 0.6) is 11.6 Å². The highest BCUT2D eigenvalue weighted by Crippen LogP contribution is 2.30. The Morgan fingerprint density at radius 2 is 1.68 bits per heavy atom. The zero-order valence-electron chi connectivity index (χ0n) is 17.0. The molecular formula is C20H22ClN3O7. The molecule has 0 saturated carbocycles. The summed E-state index contributed by atoms with van der Waals surface area (Å²) < 4.78 is 0.703. The van der Waals surface area contributed by atoms with Crippen molar-refractivity contribution >= 4 is 29.4 Å². The molecule has 0 bridgehead atoms. The topological polar surface area (TPSA) is 158 Å². The lowest BCUT2D eigenvalue weighted by Crippen LogP contribution is -2.44. The van der Waals surface area contributed by atoms with Gasteiger partial charge in [-0.25, -0.2) is 0 Å². The predicted octanol–water partition coefficient (Wildman–Crippen LogP) is 1.30. The van der Waals surface area contributed by atoms with Crippen molar-refractivity contribution < 1.29 is 29.7 Å². The van der Waals surface area contributed by atoms with E-state index in [0.717, 1.165) is 0 Å². The van der Waals surface area contributed by atoms with Gasteiger partial charge in [0.2, 0.25) is 5.88 Å². The fourth-order valence-corrected chi connectivity index (χ4v) is 2.90. The maximum Gasteiger partial charge on any atom is 0.322 e. The zero-order chi connectivity index (χ0) is 23.5. The van der Waals surface area contributed by atoms with E-state index in [4.69, 9.17) is 16.7 Å². The van der Waals surface area contributed by atoms with Crippen molar-refractivity contribution in [1.29, 1.82) is 0 Å². The molecule has 166 valence electrons. The van der Waals surface area contributed by atoms with Gasteiger partial charge in [-0.3, -0.25) is 23.7 Å². The third-order valence-corrected chi connectivity index (χ3v) is 4.41. The van der Waals surface area contributed by atoms with Crippen LogP contribution in [0.25, 0.3) is 0 Å². The second-order valence-electron chi connectivity index (χ2n) is 7.69. The Kier molecular flexibility index (Phi) is 6.96. The first kappa shape index (κ1) is 23.7. The minimum atomic E-state index is -1.37. The SMILES string of the molecule is CC(C)(C)NC(=O)c1c(O)c(C(=O)NCC(=O)O)c(O)n(Cc2ccccc2Cl)c1=O. The van der Waals surface area contributed by atoms with Gasteiger partial charge in [0.05, 0.1) is 6.54 Å². The average molecular weight is 452 g/mol. The maximum atomic E-state index is 13.0. The molecule has 0 aliphatic heterocycles. The van der Waals surface area contributed by atoms with Gasteiger partial charge in [0.1, 0.15) is 17.7 Å². The second-order valence-corrected chi connectivity index (χ2v) is 8.09. The third kappa shape index (κ3) is 5.54. The van der Waals surface area contributed by atoms with Crippen LogP contribution in [-0.2, 0) is 11.3 Å². The molecule has 2 aromatic rings. The number of carbonyl (C=O) groups excluding carboxylic acids is 2. The Hall–Kier alpha value is -3.53. The number of rotatable bonds is 6. The van der Waals surface area contributed by atoms with E-state index in [0.29, 0.717) is 10.1 Å². The van der Waals surface area contributed by atoms with E-state index in [2.05, 4.69) is 5.32 Å². The molecule has 0 radical (unpaired) electrons. The van der Waals surface area contributed by atoms with Crippen LogP contribution in [0.15, 0.2) is 29.1 Å². The van der Waals surface area contributed by atoms with Crippen LogP contribution in [0.3, 0.4) is 0 Å². The number of carboxylic acid groups (broad SMARTS) is 1. The number of carbonyl (C=O) groups is 3. The molecule has 31 heavy (non-hydrogen) atoms. The number of benzene rings is 1. The molecule has 10 nitrogen and oxygen atoms in total. The molecule has 0 atom stereocenters. The Morgan fingerprint density at radius 1 is 1.06 bits per heavy atom. The number of aromatic nitrogens is 1. The first-order valence-corrected chi connectivity index (χ1v) is 9.46. The van der Waals surface area contributed by atoms with Gasteiger partial charge in [-0.1, -0.05) is 29.8 Å². The van der Waals surface area contributed by atoms with Gasteiger partial charge in [-0.15, -0.1) is 0 Å². The largest absolute Gasteiger partial charge is 0.506 e. The van der Waals surface area contributed by atoms with Crippen LogP contribution in [0.2, 0.25) is 5.02 Å². The number of halogens is 1. The zero-order valence-corrected chi connectivity index (χ0v) is 17.8. The molecule has 2 rings (SSSR count). The molecule has 0 saturated heterocycles. The van der Waals surface area contributed by atoms with Crippen LogP contribution in [0.1, 0.15) is 47.1 Å². The van der Waals surface area contributed by atoms with Crippen LogP contribution in [0, 0.1) is 0 Å². The Morgan fingerprint density at radius 3 is 2.23 bits per heavy atom. The Balaban J connectivity index is 2.72. The van der Waals surface area contributed by atoms with Crippen LogP contribution in [0.4, 0.5) is 0 Å². The number of carboxylic acids is 1. The highest BCUT2D eigenvalue weighted by Gasteiger charge is 2.31. The number of nitrogens with zero attached hydrogens (tertiary/aromatic N) is 1. The van der Waals surface area contributed by atoms with Crippen molar-refractivity contribution in [2.24, 2.45) is 0 Å². The van der Waals surface area contributed by atoms with Crippen molar-refractivity contribution in [2.45, 2.75) is 32.9 Å². The fraction of sp³-hybridized carbons (Fsp3) is 0.300. The normalized spacial score (nSPS) is 11.1. The van der Waals surface area contributed by atoms with Gasteiger partial charge < -0.3 is 26.0 Å². The molecule has 0 aliphatic carbocycles. The number of hydrogen-bond acceptors (Lipinski definition) is 6. The molecule has 0 fully saturated rings. The molecule has 1 heterocycles. The summed E-state index contributed by atoms with van der Waals surface area (Å²) in [6.07, 6.45) is 0. The number of aliphatic carboxylic acids is 1. The highest BCUT2D eigenvalue weighted by atomic mass is 35.5. The quantitative estimate of drug-likeness (QED) is 0.442. The second kappa shape index (κ2) is 9.09. The van der Waals surface area contributed by atoms with E-state index in [1.165, 1.54) is 0 Å². The highest BCUT2D eigenvalue weighted by molar-refractivity contribution is 6.31. The van der Waals surface area contributed by atoms with E-state index < -0.39 is 58.2 Å². The van der Waals surface area contributed by atoms with Gasteiger partial charge in [0.25, 0.3) is 17.4 Å². The summed E-state index contributed by atoms with van der Waals surface area (Å²) in [5, 5.41) is 34.7. The van der Waals surface area contributed by atoms with E-state index in [1.807, 2.05) is 5.32 Å². The fourth-order valence-electron chi connectivity index (χ4n) is 2.70. The number of amides is 2. The summed E-state index contributed by atoms with van der Waals surface area (Å²) >= 11 is 6.12. The number of pyridine rings is 1. The van der Waals surface area contributed by atoms with E-state index in [9.17, 15) is 29.4 Å². The monoisotopic (exact) mass is 451 g/mol. The summed E-state index contributed by atoms with van der Waals surface area (Å²) in [6.45, 7) is 3.80. The molecule has 1 aromatic heterocycles. The lowest BCUT2D eigenvalue weighted by Gasteiger charge is -2.22. The summed E-state index contributed by atoms with van der Waals surface area (Å²) in [6, 6.07) is 6.41. The molecule has 5 N–H and O–H groups in total. The molecule has 2 amide bonds. The summed E-state index contributed by atoms with van der Waals surface area (Å²) in [5.74, 6) is -5.55. The number of nitrogens with one attached hydrogen (secondary N) is 2. The Labute approximate surface area is 182 Å². The van der Waals surface area contributed by atoms with Gasteiger partial charge in [-0.05, 0) is 32.4 Å². The minimum Gasteiger partial charge on any atom is -0.506 e. The molecule has 0 spiro atoms. The predicted molar refractivity (Wildman–Crippen MR) is 112 cm³/mol. The first-order chi connectivity index (χ1) is 14.3. The van der Waals surface area contributed by atoms with E-state index in [-0.39, 0.29) is 11.6 Å². The van der Waals surface area contributed by atoms with Crippen molar-refractivity contribution in [2.75, 3.05) is 6.54 Å². The van der Waals surface area contributed by atoms with Gasteiger partial charge >= 0.3 is 5.97 Å². The summed E-state index contributed by atoms with van der Waals surface area (Å²) in [4.78, 5) is 48.9. The van der Waals surface area contributed by atoms with Crippen molar-refractivity contribution in [3.63, 3.8) is 0 Å². The summed E-state index contributed by atoms with van der Waals surface area (Å²) in [5.41, 5.74) is -3.04. The smallest absolute Gasteiger partial charge is 0.322 e. The van der Waals surface area contributed by atoms with Gasteiger partial charge in [0, 0.05) is 10.6 Å². The van der Waals surface area contributed by atoms with E-state index in [1.54, 1.807) is 45.0 Å². The molecule has 11 heteroatoms. The molecular weight excluding hydrogens is 430 g/mol. The van der Waals surface area contributed by atoms with Crippen molar-refractivity contribution in [3.8, 4) is 11.6 Å². The van der Waals surface area contributed by atoms with Crippen LogP contribution < -0.4 is 16.2 Å². The minimum absolute atomic E-state index is 0.263. The average Bonchev–Trinajstić information content (AvgIpc) is 2.63. The summed E-state index contributed by atoms with van der Waals surface area (Å²) in [7, 11) is 0. The van der Waals surface area contributed by atoms with Crippen LogP contribution >= 0.6 is 11.6 Å². The lowest BCUT2D eigenvalue weighted by atomic mass is 10.1. The molecule has 0 aliphatic rings. The molecule has 1 aromatic carbocycles. The standard InChI is InChI=1S/C20H22ClN3O7/c1-20(2,3)23-17(29)14-15(27)13(16(28)22-8-12(25)26)18(30)24(19(14)31)9-10-6-4-5-7-11(10)21/h4-7,27,30H,8-9H2,1-3H3,(H,22,28)(H,23,29)(H,25,26). The number of hydrogen-bond donors (Lipinski definition) is 5. The van der Waals surface area contributed by atoms with E-state index >= 15 is 0 Å². The third-order valence-electron chi connectivity index (χ3n) is 4.04. The first-order valence-electron chi connectivity index (χ1n) is 9.08. The van der Waals surface area contributed by atoms with Gasteiger partial charge in [0.15, 0.2) is 5.75 Å². The van der Waals surface area contributed by atoms with Gasteiger partial charge in [-0.2, -0.15) is 0 Å². The van der Waals surface area contributed by atoms with Crippen molar-refractivity contribution in [3.05, 3.63) is 56.3 Å². The maximum absolute atomic E-state index is 13.0. The number of aromatic hydroxyl groups is 2. The van der Waals surface area contributed by atoms with Crippen molar-refractivity contribution in [1.82, 2.24) is 15.2 Å².